The maximum atomic E-state index is 12.0. The second-order valence-corrected chi connectivity index (χ2v) is 6.10. The molecule has 0 N–H and O–H groups in total. The Hall–Kier alpha value is -2.39. The molecule has 3 nitrogen and oxygen atoms in total. The summed E-state index contributed by atoms with van der Waals surface area (Å²) in [6.45, 7) is 2.51. The number of nitrogens with zero attached hydrogens (tertiary/aromatic N) is 1. The number of ether oxygens (including phenoxy) is 1. The molecule has 0 heterocycles. The second kappa shape index (κ2) is 9.04. The van der Waals surface area contributed by atoms with Crippen LogP contribution in [-0.2, 0) is 9.53 Å². The van der Waals surface area contributed by atoms with Crippen LogP contribution >= 0.6 is 0 Å². The number of esters is 1. The van der Waals surface area contributed by atoms with Crippen LogP contribution in [0.4, 0.5) is 0 Å². The molecular weight excluding hydrogens is 298 g/mol. The van der Waals surface area contributed by atoms with Gasteiger partial charge < -0.3 is 9.64 Å². The Kier molecular flexibility index (Phi) is 6.76. The Labute approximate surface area is 144 Å². The first-order valence-corrected chi connectivity index (χ1v) is 8.19. The van der Waals surface area contributed by atoms with E-state index in [0.29, 0.717) is 6.61 Å². The molecule has 0 radical (unpaired) electrons. The molecule has 0 amide bonds. The van der Waals surface area contributed by atoms with Crippen molar-refractivity contribution in [1.82, 2.24) is 4.90 Å². The first-order chi connectivity index (χ1) is 11.6. The molecule has 0 fully saturated rings. The third-order valence-electron chi connectivity index (χ3n) is 4.24. The van der Waals surface area contributed by atoms with E-state index in [2.05, 4.69) is 24.0 Å². The fourth-order valence-corrected chi connectivity index (χ4v) is 2.52. The van der Waals surface area contributed by atoms with Gasteiger partial charge in [0.1, 0.15) is 0 Å². The zero-order chi connectivity index (χ0) is 17.4. The molecule has 2 aromatic rings. The molecule has 0 aliphatic heterocycles. The average Bonchev–Trinajstić information content (AvgIpc) is 2.61. The summed E-state index contributed by atoms with van der Waals surface area (Å²) in [6.07, 6.45) is 3.26. The van der Waals surface area contributed by atoms with Crippen LogP contribution in [0, 0.1) is 0 Å². The van der Waals surface area contributed by atoms with E-state index in [0.717, 1.165) is 5.56 Å². The molecule has 0 spiro atoms. The molecular formula is C21H25NO2. The largest absolute Gasteiger partial charge is 0.462 e. The standard InChI is InChI=1S/C21H25NO2/c1-17(22(2)3)20(19-12-8-5-9-13-19)16-24-21(23)15-14-18-10-6-4-7-11-18/h4-15,17,20H,16H2,1-3H3/b15-14+. The maximum absolute atomic E-state index is 12.0. The van der Waals surface area contributed by atoms with Gasteiger partial charge in [-0.1, -0.05) is 60.7 Å². The van der Waals surface area contributed by atoms with Gasteiger partial charge in [-0.25, -0.2) is 4.79 Å². The monoisotopic (exact) mass is 323 g/mol. The molecule has 126 valence electrons. The molecule has 2 atom stereocenters. The van der Waals surface area contributed by atoms with E-state index < -0.39 is 0 Å². The van der Waals surface area contributed by atoms with Gasteiger partial charge in [-0.2, -0.15) is 0 Å². The van der Waals surface area contributed by atoms with E-state index >= 15 is 0 Å². The van der Waals surface area contributed by atoms with Gasteiger partial charge in [0, 0.05) is 18.0 Å². The van der Waals surface area contributed by atoms with E-state index in [9.17, 15) is 4.79 Å². The SMILES string of the molecule is CC(C(COC(=O)/C=C/c1ccccc1)c1ccccc1)N(C)C. The van der Waals surface area contributed by atoms with Crippen molar-refractivity contribution in [2.24, 2.45) is 0 Å². The molecule has 0 aliphatic carbocycles. The van der Waals surface area contributed by atoms with Crippen LogP contribution in [-0.4, -0.2) is 37.6 Å². The van der Waals surface area contributed by atoms with Crippen LogP contribution in [0.3, 0.4) is 0 Å². The lowest BCUT2D eigenvalue weighted by Crippen LogP contribution is -2.34. The van der Waals surface area contributed by atoms with Crippen LogP contribution in [0.15, 0.2) is 66.7 Å². The van der Waals surface area contributed by atoms with E-state index in [1.54, 1.807) is 6.08 Å². The summed E-state index contributed by atoms with van der Waals surface area (Å²) >= 11 is 0. The predicted molar refractivity (Wildman–Crippen MR) is 98.8 cm³/mol. The topological polar surface area (TPSA) is 29.5 Å². The number of carbonyl (C=O) groups excluding carboxylic acids is 1. The van der Waals surface area contributed by atoms with Crippen LogP contribution < -0.4 is 0 Å². The van der Waals surface area contributed by atoms with Crippen LogP contribution in [0.25, 0.3) is 6.08 Å². The highest BCUT2D eigenvalue weighted by Gasteiger charge is 2.22. The van der Waals surface area contributed by atoms with Gasteiger partial charge in [0.15, 0.2) is 0 Å². The summed E-state index contributed by atoms with van der Waals surface area (Å²) in [5.74, 6) is -0.180. The number of hydrogen-bond acceptors (Lipinski definition) is 3. The number of likely N-dealkylation sites (N-methyl/N-ethyl adjacent to an activating group) is 1. The fraction of sp³-hybridized carbons (Fsp3) is 0.286. The average molecular weight is 323 g/mol. The first kappa shape index (κ1) is 18.0. The minimum absolute atomic E-state index is 0.135. The van der Waals surface area contributed by atoms with Gasteiger partial charge in [-0.15, -0.1) is 0 Å². The highest BCUT2D eigenvalue weighted by Crippen LogP contribution is 2.22. The van der Waals surface area contributed by atoms with E-state index in [-0.39, 0.29) is 17.9 Å². The van der Waals surface area contributed by atoms with Crippen molar-refractivity contribution in [3.63, 3.8) is 0 Å². The highest BCUT2D eigenvalue weighted by atomic mass is 16.5. The molecule has 3 heteroatoms. The highest BCUT2D eigenvalue weighted by molar-refractivity contribution is 5.87. The van der Waals surface area contributed by atoms with Gasteiger partial charge in [0.25, 0.3) is 0 Å². The maximum Gasteiger partial charge on any atom is 0.330 e. The van der Waals surface area contributed by atoms with E-state index in [1.165, 1.54) is 11.6 Å². The molecule has 2 rings (SSSR count). The zero-order valence-electron chi connectivity index (χ0n) is 14.6. The van der Waals surface area contributed by atoms with Gasteiger partial charge in [0.05, 0.1) is 6.61 Å². The Balaban J connectivity index is 2.00. The lowest BCUT2D eigenvalue weighted by atomic mass is 9.92. The Morgan fingerprint density at radius 1 is 1.04 bits per heavy atom. The third kappa shape index (κ3) is 5.36. The van der Waals surface area contributed by atoms with E-state index in [1.807, 2.05) is 62.6 Å². The number of carbonyl (C=O) groups is 1. The Morgan fingerprint density at radius 3 is 2.21 bits per heavy atom. The van der Waals surface area contributed by atoms with Crippen molar-refractivity contribution >= 4 is 12.0 Å². The van der Waals surface area contributed by atoms with Gasteiger partial charge in [0.2, 0.25) is 0 Å². The zero-order valence-corrected chi connectivity index (χ0v) is 14.6. The second-order valence-electron chi connectivity index (χ2n) is 6.10. The van der Waals surface area contributed by atoms with Crippen LogP contribution in [0.5, 0.6) is 0 Å². The summed E-state index contributed by atoms with van der Waals surface area (Å²) in [4.78, 5) is 14.2. The molecule has 0 bridgehead atoms. The molecule has 0 saturated carbocycles. The van der Waals surface area contributed by atoms with Crippen molar-refractivity contribution in [3.05, 3.63) is 77.9 Å². The fourth-order valence-electron chi connectivity index (χ4n) is 2.52. The number of benzene rings is 2. The first-order valence-electron chi connectivity index (χ1n) is 8.19. The Bertz CT molecular complexity index is 650. The van der Waals surface area contributed by atoms with Crippen LogP contribution in [0.1, 0.15) is 24.0 Å². The molecule has 24 heavy (non-hydrogen) atoms. The van der Waals surface area contributed by atoms with Crippen LogP contribution in [0.2, 0.25) is 0 Å². The lowest BCUT2D eigenvalue weighted by molar-refractivity contribution is -0.138. The molecule has 0 aliphatic rings. The van der Waals surface area contributed by atoms with Crippen molar-refractivity contribution in [3.8, 4) is 0 Å². The van der Waals surface area contributed by atoms with E-state index in [4.69, 9.17) is 4.74 Å². The van der Waals surface area contributed by atoms with Crippen molar-refractivity contribution in [2.75, 3.05) is 20.7 Å². The van der Waals surface area contributed by atoms with Gasteiger partial charge >= 0.3 is 5.97 Å². The normalized spacial score (nSPS) is 13.8. The smallest absolute Gasteiger partial charge is 0.330 e. The summed E-state index contributed by atoms with van der Waals surface area (Å²) in [5.41, 5.74) is 2.16. The van der Waals surface area contributed by atoms with Crippen molar-refractivity contribution < 1.29 is 9.53 Å². The van der Waals surface area contributed by atoms with Gasteiger partial charge in [-0.3, -0.25) is 0 Å². The van der Waals surface area contributed by atoms with Crippen molar-refractivity contribution in [2.45, 2.75) is 18.9 Å². The summed E-state index contributed by atoms with van der Waals surface area (Å²) in [5, 5.41) is 0. The predicted octanol–water partition coefficient (Wildman–Crippen LogP) is 3.98. The van der Waals surface area contributed by atoms with Gasteiger partial charge in [-0.05, 0) is 38.2 Å². The minimum atomic E-state index is -0.314. The Morgan fingerprint density at radius 2 is 1.62 bits per heavy atom. The summed E-state index contributed by atoms with van der Waals surface area (Å²) in [7, 11) is 4.08. The molecule has 0 saturated heterocycles. The molecule has 2 unspecified atom stereocenters. The summed E-state index contributed by atoms with van der Waals surface area (Å²) in [6, 6.07) is 20.2. The number of hydrogen-bond donors (Lipinski definition) is 0. The molecule has 0 aromatic heterocycles. The lowest BCUT2D eigenvalue weighted by Gasteiger charge is -2.29. The molecule has 2 aromatic carbocycles. The third-order valence-corrected chi connectivity index (χ3v) is 4.24. The van der Waals surface area contributed by atoms with Crippen molar-refractivity contribution in [1.29, 1.82) is 0 Å². The summed E-state index contributed by atoms with van der Waals surface area (Å²) < 4.78 is 5.50. The minimum Gasteiger partial charge on any atom is -0.462 e. The number of rotatable bonds is 7. The quantitative estimate of drug-likeness (QED) is 0.570.